The van der Waals surface area contributed by atoms with Gasteiger partial charge in [0.25, 0.3) is 0 Å². The van der Waals surface area contributed by atoms with Crippen LogP contribution in [0, 0.1) is 11.3 Å². The lowest BCUT2D eigenvalue weighted by Crippen LogP contribution is -2.26. The first-order chi connectivity index (χ1) is 11.3. The second-order valence-electron chi connectivity index (χ2n) is 7.68. The number of hydrogen-bond acceptors (Lipinski definition) is 5. The summed E-state index contributed by atoms with van der Waals surface area (Å²) in [6.45, 7) is 6.28. The minimum Gasteiger partial charge on any atom is -0.438 e. The highest BCUT2D eigenvalue weighted by atomic mass is 32.1. The van der Waals surface area contributed by atoms with E-state index in [4.69, 9.17) is 10.5 Å². The van der Waals surface area contributed by atoms with Gasteiger partial charge in [0.15, 0.2) is 6.10 Å². The lowest BCUT2D eigenvalue weighted by Gasteiger charge is -2.34. The maximum atomic E-state index is 11.3. The van der Waals surface area contributed by atoms with Crippen molar-refractivity contribution in [3.8, 4) is 0 Å². The number of hydrogen-bond donors (Lipinski definition) is 2. The Morgan fingerprint density at radius 2 is 2.17 bits per heavy atom. The van der Waals surface area contributed by atoms with E-state index in [0.717, 1.165) is 28.1 Å². The molecular formula is C18H24N2O3S. The molecule has 1 aromatic carbocycles. The predicted molar refractivity (Wildman–Crippen MR) is 95.0 cm³/mol. The quantitative estimate of drug-likeness (QED) is 0.875. The molecule has 0 saturated heterocycles. The van der Waals surface area contributed by atoms with Crippen molar-refractivity contribution in [3.05, 3.63) is 28.8 Å². The molecule has 5 nitrogen and oxygen atoms in total. The Hall–Kier alpha value is -1.66. The molecule has 0 radical (unpaired) electrons. The third-order valence-corrected chi connectivity index (χ3v) is 5.70. The van der Waals surface area contributed by atoms with Gasteiger partial charge < -0.3 is 15.6 Å². The van der Waals surface area contributed by atoms with Crippen LogP contribution in [0.1, 0.15) is 56.2 Å². The van der Waals surface area contributed by atoms with E-state index in [1.54, 1.807) is 11.3 Å². The van der Waals surface area contributed by atoms with Crippen molar-refractivity contribution in [1.29, 1.82) is 0 Å². The first-order valence-corrected chi connectivity index (χ1v) is 9.07. The first kappa shape index (κ1) is 17.2. The minimum absolute atomic E-state index is 0.279. The molecule has 2 aromatic rings. The highest BCUT2D eigenvalue weighted by molar-refractivity contribution is 7.18. The van der Waals surface area contributed by atoms with Crippen molar-refractivity contribution in [2.75, 3.05) is 6.61 Å². The molecular weight excluding hydrogens is 324 g/mol. The Morgan fingerprint density at radius 3 is 2.75 bits per heavy atom. The summed E-state index contributed by atoms with van der Waals surface area (Å²) in [6, 6.07) is 6.32. The molecule has 1 amide bonds. The molecule has 1 aliphatic carbocycles. The third-order valence-electron chi connectivity index (χ3n) is 4.64. The van der Waals surface area contributed by atoms with Gasteiger partial charge in [0.1, 0.15) is 5.01 Å². The molecule has 24 heavy (non-hydrogen) atoms. The molecule has 3 N–H and O–H groups in total. The number of thiazole rings is 1. The lowest BCUT2D eigenvalue weighted by molar-refractivity contribution is 0.0359. The molecule has 0 spiro atoms. The second-order valence-corrected chi connectivity index (χ2v) is 8.74. The zero-order valence-electron chi connectivity index (χ0n) is 14.3. The van der Waals surface area contributed by atoms with Crippen molar-refractivity contribution >= 4 is 27.6 Å². The van der Waals surface area contributed by atoms with Crippen LogP contribution in [0.25, 0.3) is 10.2 Å². The Kier molecular flexibility index (Phi) is 4.53. The summed E-state index contributed by atoms with van der Waals surface area (Å²) >= 11 is 1.55. The summed E-state index contributed by atoms with van der Waals surface area (Å²) in [7, 11) is 0. The molecule has 1 saturated carbocycles. The smallest absolute Gasteiger partial charge is 0.405 e. The van der Waals surface area contributed by atoms with Crippen LogP contribution >= 0.6 is 11.3 Å². The maximum Gasteiger partial charge on any atom is 0.405 e. The number of aliphatic hydroxyl groups excluding tert-OH is 1. The number of amides is 1. The van der Waals surface area contributed by atoms with Crippen LogP contribution in [0.3, 0.4) is 0 Å². The van der Waals surface area contributed by atoms with Crippen LogP contribution < -0.4 is 5.73 Å². The zero-order valence-corrected chi connectivity index (χ0v) is 15.1. The molecule has 1 aliphatic rings. The van der Waals surface area contributed by atoms with Crippen molar-refractivity contribution < 1.29 is 14.6 Å². The highest BCUT2D eigenvalue weighted by Crippen LogP contribution is 2.44. The summed E-state index contributed by atoms with van der Waals surface area (Å²) in [5.41, 5.74) is 7.16. The third kappa shape index (κ3) is 3.39. The fraction of sp³-hybridized carbons (Fsp3) is 0.556. The normalized spacial score (nSPS) is 22.2. The summed E-state index contributed by atoms with van der Waals surface area (Å²) in [6.07, 6.45) is 0.851. The van der Waals surface area contributed by atoms with Gasteiger partial charge in [0, 0.05) is 12.0 Å². The Bertz CT molecular complexity index is 744. The standard InChI is InChI=1S/C18H24N2O3S/c1-18(2,3)15(23-17(19)22)16-20-13-5-4-11(8-14(13)24-16)12-6-10(7-12)9-21/h4-5,8,10,12,15,21H,6-7,9H2,1-3H3,(H2,19,22). The number of carbonyl (C=O) groups excluding carboxylic acids is 1. The van der Waals surface area contributed by atoms with Crippen LogP contribution in [0.4, 0.5) is 4.79 Å². The van der Waals surface area contributed by atoms with Gasteiger partial charge >= 0.3 is 6.09 Å². The van der Waals surface area contributed by atoms with Crippen molar-refractivity contribution in [3.63, 3.8) is 0 Å². The summed E-state index contributed by atoms with van der Waals surface area (Å²) in [5.74, 6) is 0.967. The number of ether oxygens (including phenoxy) is 1. The van der Waals surface area contributed by atoms with Gasteiger partial charge in [-0.1, -0.05) is 26.8 Å². The number of fused-ring (bicyclic) bond motifs is 1. The maximum absolute atomic E-state index is 11.3. The molecule has 0 bridgehead atoms. The number of aromatic nitrogens is 1. The number of benzene rings is 1. The number of nitrogens with two attached hydrogens (primary N) is 1. The van der Waals surface area contributed by atoms with Gasteiger partial charge in [-0.05, 0) is 42.4 Å². The zero-order chi connectivity index (χ0) is 17.5. The lowest BCUT2D eigenvalue weighted by atomic mass is 9.72. The van der Waals surface area contributed by atoms with Crippen LogP contribution in [-0.4, -0.2) is 22.8 Å². The van der Waals surface area contributed by atoms with E-state index in [0.29, 0.717) is 11.8 Å². The van der Waals surface area contributed by atoms with Crippen molar-refractivity contribution in [2.24, 2.45) is 17.1 Å². The molecule has 6 heteroatoms. The molecule has 1 unspecified atom stereocenters. The van der Waals surface area contributed by atoms with E-state index in [2.05, 4.69) is 17.1 Å². The second kappa shape index (κ2) is 6.33. The van der Waals surface area contributed by atoms with Gasteiger partial charge in [-0.25, -0.2) is 9.78 Å². The summed E-state index contributed by atoms with van der Waals surface area (Å²) in [5, 5.41) is 9.95. The Morgan fingerprint density at radius 1 is 1.46 bits per heavy atom. The number of rotatable bonds is 4. The van der Waals surface area contributed by atoms with E-state index in [1.165, 1.54) is 5.56 Å². The van der Waals surface area contributed by atoms with Crippen LogP contribution in [0.5, 0.6) is 0 Å². The molecule has 1 fully saturated rings. The largest absolute Gasteiger partial charge is 0.438 e. The fourth-order valence-corrected chi connectivity index (χ4v) is 4.49. The minimum atomic E-state index is -0.778. The molecule has 1 atom stereocenters. The van der Waals surface area contributed by atoms with Crippen LogP contribution in [0.15, 0.2) is 18.2 Å². The number of primary amides is 1. The summed E-state index contributed by atoms with van der Waals surface area (Å²) < 4.78 is 6.42. The summed E-state index contributed by atoms with van der Waals surface area (Å²) in [4.78, 5) is 15.9. The monoisotopic (exact) mass is 348 g/mol. The molecule has 1 heterocycles. The first-order valence-electron chi connectivity index (χ1n) is 8.25. The van der Waals surface area contributed by atoms with Gasteiger partial charge in [0.2, 0.25) is 0 Å². The van der Waals surface area contributed by atoms with Gasteiger partial charge in [-0.2, -0.15) is 0 Å². The van der Waals surface area contributed by atoms with Gasteiger partial charge in [-0.15, -0.1) is 11.3 Å². The predicted octanol–water partition coefficient (Wildman–Crippen LogP) is 3.96. The van der Waals surface area contributed by atoms with Crippen LogP contribution in [-0.2, 0) is 4.74 Å². The average molecular weight is 348 g/mol. The molecule has 0 aliphatic heterocycles. The number of nitrogens with zero attached hydrogens (tertiary/aromatic N) is 1. The van der Waals surface area contributed by atoms with Crippen molar-refractivity contribution in [2.45, 2.75) is 45.6 Å². The van der Waals surface area contributed by atoms with E-state index in [-0.39, 0.29) is 12.0 Å². The van der Waals surface area contributed by atoms with E-state index in [9.17, 15) is 9.90 Å². The van der Waals surface area contributed by atoms with Gasteiger partial charge in [0.05, 0.1) is 10.2 Å². The van der Waals surface area contributed by atoms with E-state index in [1.807, 2.05) is 26.8 Å². The van der Waals surface area contributed by atoms with E-state index >= 15 is 0 Å². The molecule has 3 rings (SSSR count). The Labute approximate surface area is 145 Å². The van der Waals surface area contributed by atoms with Crippen molar-refractivity contribution in [1.82, 2.24) is 4.98 Å². The topological polar surface area (TPSA) is 85.4 Å². The SMILES string of the molecule is CC(C)(C)C(OC(N)=O)c1nc2ccc(C3CC(CO)C3)cc2s1. The molecule has 1 aromatic heterocycles. The number of carbonyl (C=O) groups is 1. The van der Waals surface area contributed by atoms with E-state index < -0.39 is 12.2 Å². The number of aliphatic hydroxyl groups is 1. The Balaban J connectivity index is 1.88. The molecule has 130 valence electrons. The van der Waals surface area contributed by atoms with Gasteiger partial charge in [-0.3, -0.25) is 0 Å². The average Bonchev–Trinajstić information content (AvgIpc) is 2.85. The highest BCUT2D eigenvalue weighted by Gasteiger charge is 2.33. The van der Waals surface area contributed by atoms with Crippen LogP contribution in [0.2, 0.25) is 0 Å². The fourth-order valence-electron chi connectivity index (χ4n) is 3.20.